The van der Waals surface area contributed by atoms with Gasteiger partial charge >= 0.3 is 116 Å². The molecule has 1 unspecified atom stereocenters. The molecule has 4 rings (SSSR count). The molecule has 2 heterocycles. The van der Waals surface area contributed by atoms with Gasteiger partial charge in [0.25, 0.3) is 0 Å². The van der Waals surface area contributed by atoms with Gasteiger partial charge in [0.1, 0.15) is 0 Å². The maximum absolute atomic E-state index is 5.54. The Bertz CT molecular complexity index is 700. The van der Waals surface area contributed by atoms with Crippen molar-refractivity contribution in [1.82, 2.24) is 0 Å². The number of nitrogens with zero attached hydrogens (tertiary/aromatic N) is 2. The van der Waals surface area contributed by atoms with Crippen LogP contribution in [0.1, 0.15) is 30.2 Å². The quantitative estimate of drug-likeness (QED) is 0.723. The Kier molecular flexibility index (Phi) is 2.67. The molecule has 1 aromatic carbocycles. The summed E-state index contributed by atoms with van der Waals surface area (Å²) in [6.45, 7) is 0. The van der Waals surface area contributed by atoms with Gasteiger partial charge in [0.2, 0.25) is 0 Å². The van der Waals surface area contributed by atoms with E-state index in [4.69, 9.17) is 4.42 Å². The second-order valence-electron chi connectivity index (χ2n) is 4.83. The number of benzene rings is 1. The van der Waals surface area contributed by atoms with Gasteiger partial charge in [0.05, 0.1) is 0 Å². The fourth-order valence-corrected chi connectivity index (χ4v) is 3.90. The number of hydrogen-bond acceptors (Lipinski definition) is 4. The van der Waals surface area contributed by atoms with E-state index in [-0.39, 0.29) is 14.6 Å². The van der Waals surface area contributed by atoms with Crippen LogP contribution in [-0.2, 0) is 6.42 Å². The summed E-state index contributed by atoms with van der Waals surface area (Å²) in [7, 11) is 0. The fraction of sp³-hybridized carbons (Fsp3) is 0.286. The summed E-state index contributed by atoms with van der Waals surface area (Å²) in [5.74, 6) is 1.13. The first-order valence-corrected chi connectivity index (χ1v) is 7.99. The standard InChI is InChI=1S/C14H13N3OSe/c1-4-11(14-12(5-1)16-19-17-14)15-10-3-2-6-13-9(10)7-8-18-13/h1,4-5,7-8,10,15H,2-3,6H2. The molecule has 0 radical (unpaired) electrons. The van der Waals surface area contributed by atoms with Crippen LogP contribution in [0, 0.1) is 0 Å². The molecule has 96 valence electrons. The monoisotopic (exact) mass is 319 g/mol. The van der Waals surface area contributed by atoms with E-state index < -0.39 is 0 Å². The van der Waals surface area contributed by atoms with Crippen LogP contribution in [0.4, 0.5) is 17.1 Å². The molecule has 1 aliphatic heterocycles. The van der Waals surface area contributed by atoms with E-state index in [1.165, 1.54) is 12.0 Å². The Morgan fingerprint density at radius 3 is 3.26 bits per heavy atom. The molecule has 1 atom stereocenters. The predicted octanol–water partition coefficient (Wildman–Crippen LogP) is 4.12. The van der Waals surface area contributed by atoms with E-state index in [0.717, 1.165) is 35.7 Å². The number of furan rings is 1. The zero-order chi connectivity index (χ0) is 12.7. The molecule has 0 fully saturated rings. The third-order valence-corrected chi connectivity index (χ3v) is 4.81. The average Bonchev–Trinajstić information content (AvgIpc) is 3.08. The Labute approximate surface area is 117 Å². The summed E-state index contributed by atoms with van der Waals surface area (Å²) in [6, 6.07) is 8.58. The fourth-order valence-electron chi connectivity index (χ4n) is 2.75. The molecule has 0 saturated carbocycles. The molecule has 19 heavy (non-hydrogen) atoms. The molecule has 1 N–H and O–H groups in total. The summed E-state index contributed by atoms with van der Waals surface area (Å²) in [6.07, 6.45) is 5.15. The van der Waals surface area contributed by atoms with Crippen molar-refractivity contribution >= 4 is 31.6 Å². The van der Waals surface area contributed by atoms with Crippen LogP contribution >= 0.6 is 0 Å². The number of hydrogen-bond donors (Lipinski definition) is 1. The van der Waals surface area contributed by atoms with Crippen molar-refractivity contribution in [3.05, 3.63) is 41.9 Å². The molecule has 0 bridgehead atoms. The van der Waals surface area contributed by atoms with Crippen molar-refractivity contribution in [3.63, 3.8) is 0 Å². The van der Waals surface area contributed by atoms with E-state index in [0.29, 0.717) is 6.04 Å². The van der Waals surface area contributed by atoms with Crippen LogP contribution in [0.2, 0.25) is 0 Å². The third-order valence-electron chi connectivity index (χ3n) is 3.67. The minimum absolute atomic E-state index is 0.0213. The van der Waals surface area contributed by atoms with Crippen LogP contribution in [0.3, 0.4) is 0 Å². The minimum atomic E-state index is 0.0213. The number of fused-ring (bicyclic) bond motifs is 2. The second kappa shape index (κ2) is 4.51. The predicted molar refractivity (Wildman–Crippen MR) is 74.4 cm³/mol. The zero-order valence-corrected chi connectivity index (χ0v) is 12.0. The first-order chi connectivity index (χ1) is 9.42. The van der Waals surface area contributed by atoms with E-state index >= 15 is 0 Å². The third kappa shape index (κ3) is 1.90. The molecule has 0 spiro atoms. The van der Waals surface area contributed by atoms with Gasteiger partial charge in [-0.2, -0.15) is 0 Å². The SMILES string of the molecule is c1cc2c(c(NC3CCCc4occc43)c1)N=[Se]=N2. The molecule has 0 amide bonds. The average molecular weight is 318 g/mol. The Morgan fingerprint density at radius 1 is 1.26 bits per heavy atom. The van der Waals surface area contributed by atoms with Crippen molar-refractivity contribution in [2.45, 2.75) is 25.3 Å². The van der Waals surface area contributed by atoms with Gasteiger partial charge in [0.15, 0.2) is 0 Å². The summed E-state index contributed by atoms with van der Waals surface area (Å²) < 4.78 is 14.5. The van der Waals surface area contributed by atoms with Gasteiger partial charge < -0.3 is 0 Å². The molecule has 4 nitrogen and oxygen atoms in total. The van der Waals surface area contributed by atoms with Gasteiger partial charge in [0, 0.05) is 0 Å². The van der Waals surface area contributed by atoms with Crippen molar-refractivity contribution in [1.29, 1.82) is 0 Å². The summed E-state index contributed by atoms with van der Waals surface area (Å²) in [5.41, 5.74) is 4.44. The van der Waals surface area contributed by atoms with Crippen LogP contribution in [-0.4, -0.2) is 14.6 Å². The van der Waals surface area contributed by atoms with E-state index in [1.54, 1.807) is 6.26 Å². The van der Waals surface area contributed by atoms with Crippen molar-refractivity contribution in [2.24, 2.45) is 7.92 Å². The zero-order valence-electron chi connectivity index (χ0n) is 10.3. The summed E-state index contributed by atoms with van der Waals surface area (Å²) >= 11 is 0.0213. The Balaban J connectivity index is 1.68. The van der Waals surface area contributed by atoms with E-state index in [2.05, 4.69) is 25.4 Å². The molecule has 2 aliphatic rings. The first kappa shape index (κ1) is 11.3. The second-order valence-corrected chi connectivity index (χ2v) is 5.93. The Morgan fingerprint density at radius 2 is 2.26 bits per heavy atom. The van der Waals surface area contributed by atoms with Gasteiger partial charge in [-0.3, -0.25) is 0 Å². The number of nitrogens with one attached hydrogen (secondary N) is 1. The van der Waals surface area contributed by atoms with Crippen LogP contribution < -0.4 is 5.32 Å². The molecular formula is C14H13N3OSe. The van der Waals surface area contributed by atoms with Crippen molar-refractivity contribution < 1.29 is 4.42 Å². The maximum atomic E-state index is 5.54. The molecular weight excluding hydrogens is 305 g/mol. The van der Waals surface area contributed by atoms with Gasteiger partial charge in [-0.05, 0) is 0 Å². The topological polar surface area (TPSA) is 49.9 Å². The van der Waals surface area contributed by atoms with Gasteiger partial charge in [-0.25, -0.2) is 0 Å². The number of anilines is 1. The Hall–Kier alpha value is -1.58. The molecule has 1 aliphatic carbocycles. The number of rotatable bonds is 2. The van der Waals surface area contributed by atoms with Crippen LogP contribution in [0.15, 0.2) is 42.9 Å². The van der Waals surface area contributed by atoms with E-state index in [9.17, 15) is 0 Å². The molecule has 1 aromatic heterocycles. The van der Waals surface area contributed by atoms with Gasteiger partial charge in [-0.15, -0.1) is 0 Å². The molecule has 5 heteroatoms. The molecule has 2 aromatic rings. The summed E-state index contributed by atoms with van der Waals surface area (Å²) in [4.78, 5) is 0. The van der Waals surface area contributed by atoms with Crippen molar-refractivity contribution in [2.75, 3.05) is 5.32 Å². The number of aryl methyl sites for hydroxylation is 1. The summed E-state index contributed by atoms with van der Waals surface area (Å²) in [5, 5.41) is 3.62. The first-order valence-electron chi connectivity index (χ1n) is 6.46. The van der Waals surface area contributed by atoms with E-state index in [1.807, 2.05) is 12.1 Å². The molecule has 0 saturated heterocycles. The van der Waals surface area contributed by atoms with Gasteiger partial charge in [-0.1, -0.05) is 0 Å². The van der Waals surface area contributed by atoms with Crippen LogP contribution in [0.25, 0.3) is 0 Å². The van der Waals surface area contributed by atoms with Crippen LogP contribution in [0.5, 0.6) is 0 Å². The normalized spacial score (nSPS) is 19.7. The van der Waals surface area contributed by atoms with Crippen molar-refractivity contribution in [3.8, 4) is 0 Å².